The van der Waals surface area contributed by atoms with Crippen LogP contribution in [0.2, 0.25) is 0 Å². The van der Waals surface area contributed by atoms with E-state index in [4.69, 9.17) is 0 Å². The summed E-state index contributed by atoms with van der Waals surface area (Å²) in [4.78, 5) is 22.2. The van der Waals surface area contributed by atoms with Gasteiger partial charge in [0.15, 0.2) is 0 Å². The number of nitrogens with zero attached hydrogens (tertiary/aromatic N) is 2. The molecule has 2 fully saturated rings. The number of rotatable bonds is 5. The SMILES string of the molecule is O=C(Nc1cccc([N+](=O)[O-])c1)C1CN(S(=O)(=O)C2CC2)C1. The second kappa shape index (κ2) is 5.33. The first-order valence-corrected chi connectivity index (χ1v) is 8.42. The van der Waals surface area contributed by atoms with E-state index in [9.17, 15) is 23.3 Å². The number of nitro benzene ring substituents is 1. The Hall–Kier alpha value is -2.00. The summed E-state index contributed by atoms with van der Waals surface area (Å²) in [5.41, 5.74) is 0.229. The molecule has 1 N–H and O–H groups in total. The Morgan fingerprint density at radius 1 is 1.32 bits per heavy atom. The Kier molecular flexibility index (Phi) is 3.61. The fourth-order valence-corrected chi connectivity index (χ4v) is 4.26. The molecule has 0 bridgehead atoms. The normalized spacial score (nSPS) is 19.5. The standard InChI is InChI=1S/C13H15N3O5S/c17-13(14-10-2-1-3-11(6-10)16(18)19)9-7-15(8-9)22(20,21)12-4-5-12/h1-3,6,9,12H,4-5,7-8H2,(H,14,17). The molecule has 1 aromatic rings. The summed E-state index contributed by atoms with van der Waals surface area (Å²) in [5.74, 6) is -0.726. The van der Waals surface area contributed by atoms with Gasteiger partial charge in [-0.1, -0.05) is 6.07 Å². The molecule has 1 aliphatic heterocycles. The van der Waals surface area contributed by atoms with Gasteiger partial charge in [-0.05, 0) is 18.9 Å². The lowest BCUT2D eigenvalue weighted by Gasteiger charge is -2.37. The first kappa shape index (κ1) is 14.9. The molecular weight excluding hydrogens is 310 g/mol. The number of nitro groups is 1. The highest BCUT2D eigenvalue weighted by Gasteiger charge is 2.46. The lowest BCUT2D eigenvalue weighted by molar-refractivity contribution is -0.384. The van der Waals surface area contributed by atoms with E-state index in [-0.39, 0.29) is 29.9 Å². The fraction of sp³-hybridized carbons (Fsp3) is 0.462. The zero-order chi connectivity index (χ0) is 15.9. The first-order chi connectivity index (χ1) is 10.4. The molecule has 3 rings (SSSR count). The average molecular weight is 325 g/mol. The van der Waals surface area contributed by atoms with E-state index in [1.807, 2.05) is 0 Å². The van der Waals surface area contributed by atoms with Gasteiger partial charge in [0, 0.05) is 30.9 Å². The molecule has 0 spiro atoms. The molecule has 118 valence electrons. The van der Waals surface area contributed by atoms with E-state index >= 15 is 0 Å². The number of anilines is 1. The van der Waals surface area contributed by atoms with Crippen LogP contribution in [0.25, 0.3) is 0 Å². The van der Waals surface area contributed by atoms with Gasteiger partial charge in [-0.15, -0.1) is 0 Å². The summed E-state index contributed by atoms with van der Waals surface area (Å²) in [6.45, 7) is 0.360. The fourth-order valence-electron chi connectivity index (χ4n) is 2.33. The Bertz CT molecular complexity index is 723. The molecule has 1 heterocycles. The van der Waals surface area contributed by atoms with Crippen molar-refractivity contribution >= 4 is 27.3 Å². The maximum atomic E-state index is 12.0. The maximum Gasteiger partial charge on any atom is 0.271 e. The molecule has 1 aromatic carbocycles. The number of carbonyl (C=O) groups is 1. The summed E-state index contributed by atoms with van der Waals surface area (Å²) in [5, 5.41) is 13.0. The summed E-state index contributed by atoms with van der Waals surface area (Å²) >= 11 is 0. The van der Waals surface area contributed by atoms with E-state index in [0.29, 0.717) is 18.5 Å². The van der Waals surface area contributed by atoms with Crippen LogP contribution in [0, 0.1) is 16.0 Å². The van der Waals surface area contributed by atoms with Gasteiger partial charge in [0.2, 0.25) is 15.9 Å². The van der Waals surface area contributed by atoms with E-state index in [0.717, 1.165) is 0 Å². The third kappa shape index (κ3) is 2.81. The van der Waals surface area contributed by atoms with Crippen molar-refractivity contribution in [2.75, 3.05) is 18.4 Å². The maximum absolute atomic E-state index is 12.0. The number of nitrogens with one attached hydrogen (secondary N) is 1. The van der Waals surface area contributed by atoms with Crippen LogP contribution in [0.1, 0.15) is 12.8 Å². The van der Waals surface area contributed by atoms with Crippen molar-refractivity contribution in [1.29, 1.82) is 0 Å². The number of amides is 1. The van der Waals surface area contributed by atoms with Crippen LogP contribution >= 0.6 is 0 Å². The highest BCUT2D eigenvalue weighted by molar-refractivity contribution is 7.90. The minimum absolute atomic E-state index is 0.107. The smallest absolute Gasteiger partial charge is 0.271 e. The molecule has 22 heavy (non-hydrogen) atoms. The van der Waals surface area contributed by atoms with Gasteiger partial charge < -0.3 is 5.32 Å². The second-order valence-electron chi connectivity index (χ2n) is 5.55. The molecule has 9 heteroatoms. The molecule has 1 saturated carbocycles. The zero-order valence-corrected chi connectivity index (χ0v) is 12.5. The van der Waals surface area contributed by atoms with Crippen LogP contribution in [0.4, 0.5) is 11.4 Å². The monoisotopic (exact) mass is 325 g/mol. The Balaban J connectivity index is 1.58. The predicted molar refractivity (Wildman–Crippen MR) is 78.7 cm³/mol. The van der Waals surface area contributed by atoms with Gasteiger partial charge >= 0.3 is 0 Å². The number of hydrogen-bond acceptors (Lipinski definition) is 5. The minimum Gasteiger partial charge on any atom is -0.326 e. The van der Waals surface area contributed by atoms with Crippen LogP contribution in [0.3, 0.4) is 0 Å². The second-order valence-corrected chi connectivity index (χ2v) is 7.77. The summed E-state index contributed by atoms with van der Waals surface area (Å²) in [6, 6.07) is 5.65. The molecular formula is C13H15N3O5S. The van der Waals surface area contributed by atoms with Crippen molar-refractivity contribution in [3.8, 4) is 0 Å². The first-order valence-electron chi connectivity index (χ1n) is 6.92. The van der Waals surface area contributed by atoms with Gasteiger partial charge in [-0.2, -0.15) is 4.31 Å². The van der Waals surface area contributed by atoms with E-state index in [2.05, 4.69) is 5.32 Å². The molecule has 2 aliphatic rings. The summed E-state index contributed by atoms with van der Waals surface area (Å²) in [7, 11) is -3.22. The molecule has 0 atom stereocenters. The van der Waals surface area contributed by atoms with Crippen LogP contribution < -0.4 is 5.32 Å². The van der Waals surface area contributed by atoms with Crippen LogP contribution in [-0.2, 0) is 14.8 Å². The van der Waals surface area contributed by atoms with E-state index < -0.39 is 20.9 Å². The van der Waals surface area contributed by atoms with Gasteiger partial charge in [0.05, 0.1) is 16.1 Å². The minimum atomic E-state index is -3.22. The number of carbonyl (C=O) groups excluding carboxylic acids is 1. The lowest BCUT2D eigenvalue weighted by Crippen LogP contribution is -2.55. The molecule has 0 aromatic heterocycles. The summed E-state index contributed by atoms with van der Waals surface area (Å²) < 4.78 is 25.2. The molecule has 0 radical (unpaired) electrons. The van der Waals surface area contributed by atoms with Crippen molar-refractivity contribution in [3.05, 3.63) is 34.4 Å². The molecule has 8 nitrogen and oxygen atoms in total. The highest BCUT2D eigenvalue weighted by atomic mass is 32.2. The number of benzene rings is 1. The lowest BCUT2D eigenvalue weighted by atomic mass is 10.0. The van der Waals surface area contributed by atoms with E-state index in [1.165, 1.54) is 22.5 Å². The molecule has 1 aliphatic carbocycles. The molecule has 0 unspecified atom stereocenters. The van der Waals surface area contributed by atoms with Gasteiger partial charge in [0.25, 0.3) is 5.69 Å². The zero-order valence-electron chi connectivity index (χ0n) is 11.6. The van der Waals surface area contributed by atoms with Gasteiger partial charge in [0.1, 0.15) is 0 Å². The highest BCUT2D eigenvalue weighted by Crippen LogP contribution is 2.34. The largest absolute Gasteiger partial charge is 0.326 e. The van der Waals surface area contributed by atoms with Crippen molar-refractivity contribution in [2.45, 2.75) is 18.1 Å². The van der Waals surface area contributed by atoms with Crippen molar-refractivity contribution in [3.63, 3.8) is 0 Å². The average Bonchev–Trinajstić information content (AvgIpc) is 3.21. The van der Waals surface area contributed by atoms with Crippen LogP contribution in [0.5, 0.6) is 0 Å². The Morgan fingerprint density at radius 3 is 2.59 bits per heavy atom. The van der Waals surface area contributed by atoms with E-state index in [1.54, 1.807) is 6.07 Å². The van der Waals surface area contributed by atoms with Crippen LogP contribution in [-0.4, -0.2) is 41.9 Å². The Morgan fingerprint density at radius 2 is 2.00 bits per heavy atom. The van der Waals surface area contributed by atoms with Crippen molar-refractivity contribution in [1.82, 2.24) is 4.31 Å². The number of hydrogen-bond donors (Lipinski definition) is 1. The third-order valence-corrected chi connectivity index (χ3v) is 6.18. The van der Waals surface area contributed by atoms with Crippen molar-refractivity contribution < 1.29 is 18.1 Å². The summed E-state index contributed by atoms with van der Waals surface area (Å²) in [6.07, 6.45) is 1.40. The Labute approximate surface area is 127 Å². The predicted octanol–water partition coefficient (Wildman–Crippen LogP) is 0.957. The number of sulfonamides is 1. The topological polar surface area (TPSA) is 110 Å². The van der Waals surface area contributed by atoms with Crippen molar-refractivity contribution in [2.24, 2.45) is 5.92 Å². The quantitative estimate of drug-likeness (QED) is 0.640. The van der Waals surface area contributed by atoms with Crippen LogP contribution in [0.15, 0.2) is 24.3 Å². The molecule has 1 amide bonds. The third-order valence-electron chi connectivity index (χ3n) is 3.85. The van der Waals surface area contributed by atoms with Gasteiger partial charge in [-0.25, -0.2) is 8.42 Å². The number of non-ortho nitro benzene ring substituents is 1. The molecule has 1 saturated heterocycles. The van der Waals surface area contributed by atoms with Gasteiger partial charge in [-0.3, -0.25) is 14.9 Å².